The number of benzene rings is 1. The number of ketones is 1. The Morgan fingerprint density at radius 2 is 1.88 bits per heavy atom. The number of carbonyl (C=O) groups excluding carboxylic acids is 1. The van der Waals surface area contributed by atoms with Crippen LogP contribution in [-0.2, 0) is 9.59 Å². The minimum atomic E-state index is -0.753. The van der Waals surface area contributed by atoms with Crippen LogP contribution in [0.15, 0.2) is 47.1 Å². The Kier molecular flexibility index (Phi) is 6.18. The fourth-order valence-corrected chi connectivity index (χ4v) is 7.49. The van der Waals surface area contributed by atoms with Gasteiger partial charge in [0.05, 0.1) is 6.10 Å². The fourth-order valence-electron chi connectivity index (χ4n) is 7.49. The van der Waals surface area contributed by atoms with E-state index in [1.165, 1.54) is 16.7 Å². The molecule has 2 saturated carbocycles. The van der Waals surface area contributed by atoms with E-state index in [0.29, 0.717) is 31.2 Å². The monoisotopic (exact) mass is 463 g/mol. The molecule has 5 nitrogen and oxygen atoms in total. The molecule has 0 saturated heterocycles. The summed E-state index contributed by atoms with van der Waals surface area (Å²) in [6.07, 6.45) is 9.00. The normalized spacial score (nSPS) is 32.6. The third-order valence-electron chi connectivity index (χ3n) is 9.30. The average Bonchev–Trinajstić information content (AvgIpc) is 3.12. The topological polar surface area (TPSA) is 77.8 Å². The van der Waals surface area contributed by atoms with Gasteiger partial charge in [-0.2, -0.15) is 0 Å². The second kappa shape index (κ2) is 8.99. The standard InChI is InChI=1S/C29H37NO4/c1-29-17-24(18-5-8-20(9-6-18)30(2)15-3-4-27(33)34)28-22-12-10-21(31)16-19(22)7-11-23(28)25(29)13-14-26(29)32/h5-6,8-9,16,23-26,32H,3-4,7,10-15,17H2,1-2H3,(H,33,34). The van der Waals surface area contributed by atoms with E-state index in [-0.39, 0.29) is 29.6 Å². The number of anilines is 1. The number of aliphatic hydroxyl groups is 1. The summed E-state index contributed by atoms with van der Waals surface area (Å²) in [6.45, 7) is 3.02. The highest BCUT2D eigenvalue weighted by atomic mass is 16.4. The Labute approximate surface area is 202 Å². The molecule has 182 valence electrons. The summed E-state index contributed by atoms with van der Waals surface area (Å²) in [5.74, 6) is 0.815. The van der Waals surface area contributed by atoms with Crippen molar-refractivity contribution < 1.29 is 19.8 Å². The number of aliphatic hydroxyl groups excluding tert-OH is 1. The van der Waals surface area contributed by atoms with Gasteiger partial charge in [0, 0.05) is 38.0 Å². The first-order valence-corrected chi connectivity index (χ1v) is 13.0. The maximum atomic E-state index is 12.2. The number of aliphatic carboxylic acids is 1. The Morgan fingerprint density at radius 1 is 1.12 bits per heavy atom. The molecule has 0 aliphatic heterocycles. The van der Waals surface area contributed by atoms with Crippen LogP contribution in [-0.4, -0.2) is 41.7 Å². The summed E-state index contributed by atoms with van der Waals surface area (Å²) in [5.41, 5.74) is 6.61. The number of carbonyl (C=O) groups is 2. The SMILES string of the molecule is CN(CCCC(=O)O)c1ccc(C2CC3(C)C(O)CCC3C3CCC4=CC(=O)CCC4=C23)cc1. The highest BCUT2D eigenvalue weighted by Crippen LogP contribution is 2.63. The lowest BCUT2D eigenvalue weighted by atomic mass is 9.53. The molecule has 0 spiro atoms. The summed E-state index contributed by atoms with van der Waals surface area (Å²) >= 11 is 0. The van der Waals surface area contributed by atoms with Crippen molar-refractivity contribution in [1.82, 2.24) is 0 Å². The number of carboxylic acid groups (broad SMARTS) is 1. The first-order chi connectivity index (χ1) is 16.3. The van der Waals surface area contributed by atoms with Crippen molar-refractivity contribution in [2.45, 2.75) is 76.7 Å². The second-order valence-corrected chi connectivity index (χ2v) is 11.2. The van der Waals surface area contributed by atoms with Gasteiger partial charge < -0.3 is 15.1 Å². The van der Waals surface area contributed by atoms with Crippen molar-refractivity contribution in [3.8, 4) is 0 Å². The molecule has 2 fully saturated rings. The number of rotatable bonds is 6. The van der Waals surface area contributed by atoms with Gasteiger partial charge in [0.2, 0.25) is 0 Å². The third-order valence-corrected chi connectivity index (χ3v) is 9.30. The molecular formula is C29H37NO4. The molecule has 4 aliphatic carbocycles. The Bertz CT molecular complexity index is 1040. The van der Waals surface area contributed by atoms with Crippen molar-refractivity contribution in [2.24, 2.45) is 17.3 Å². The van der Waals surface area contributed by atoms with Gasteiger partial charge in [-0.25, -0.2) is 0 Å². The molecule has 4 aliphatic rings. The Balaban J connectivity index is 1.48. The second-order valence-electron chi connectivity index (χ2n) is 11.2. The lowest BCUT2D eigenvalue weighted by Gasteiger charge is -2.52. The van der Waals surface area contributed by atoms with E-state index in [9.17, 15) is 14.7 Å². The Morgan fingerprint density at radius 3 is 2.62 bits per heavy atom. The summed E-state index contributed by atoms with van der Waals surface area (Å²) < 4.78 is 0. The van der Waals surface area contributed by atoms with Crippen LogP contribution in [0.4, 0.5) is 5.69 Å². The summed E-state index contributed by atoms with van der Waals surface area (Å²) in [4.78, 5) is 25.1. The summed E-state index contributed by atoms with van der Waals surface area (Å²) in [7, 11) is 2.01. The number of fused-ring (bicyclic) bond motifs is 4. The predicted octanol–water partition coefficient (Wildman–Crippen LogP) is 5.25. The van der Waals surface area contributed by atoms with E-state index >= 15 is 0 Å². The zero-order chi connectivity index (χ0) is 24.0. The Hall–Kier alpha value is -2.40. The van der Waals surface area contributed by atoms with E-state index in [1.54, 1.807) is 5.57 Å². The molecule has 2 N–H and O–H groups in total. The molecule has 34 heavy (non-hydrogen) atoms. The molecule has 0 aromatic heterocycles. The van der Waals surface area contributed by atoms with Gasteiger partial charge in [0.25, 0.3) is 0 Å². The molecule has 0 radical (unpaired) electrons. The average molecular weight is 464 g/mol. The largest absolute Gasteiger partial charge is 0.481 e. The fraction of sp³-hybridized carbons (Fsp3) is 0.586. The minimum Gasteiger partial charge on any atom is -0.481 e. The molecule has 1 aromatic rings. The lowest BCUT2D eigenvalue weighted by molar-refractivity contribution is -0.137. The van der Waals surface area contributed by atoms with Gasteiger partial charge in [-0.05, 0) is 97.1 Å². The first-order valence-electron chi connectivity index (χ1n) is 13.0. The van der Waals surface area contributed by atoms with Crippen LogP contribution in [0.1, 0.15) is 76.2 Å². The molecule has 0 amide bonds. The van der Waals surface area contributed by atoms with Crippen LogP contribution < -0.4 is 4.90 Å². The van der Waals surface area contributed by atoms with E-state index in [0.717, 1.165) is 44.2 Å². The van der Waals surface area contributed by atoms with E-state index in [1.807, 2.05) is 13.1 Å². The van der Waals surface area contributed by atoms with Crippen LogP contribution in [0.5, 0.6) is 0 Å². The minimum absolute atomic E-state index is 0.0581. The van der Waals surface area contributed by atoms with Gasteiger partial charge in [0.15, 0.2) is 5.78 Å². The van der Waals surface area contributed by atoms with Crippen LogP contribution in [0, 0.1) is 17.3 Å². The number of carboxylic acids is 1. The maximum absolute atomic E-state index is 12.2. The number of allylic oxidation sites excluding steroid dienone is 4. The van der Waals surface area contributed by atoms with Crippen molar-refractivity contribution >= 4 is 17.4 Å². The lowest BCUT2D eigenvalue weighted by Crippen LogP contribution is -2.45. The van der Waals surface area contributed by atoms with E-state index in [2.05, 4.69) is 36.1 Å². The van der Waals surface area contributed by atoms with Crippen LogP contribution in [0.3, 0.4) is 0 Å². The molecular weight excluding hydrogens is 426 g/mol. The maximum Gasteiger partial charge on any atom is 0.303 e. The van der Waals surface area contributed by atoms with Crippen molar-refractivity contribution in [1.29, 1.82) is 0 Å². The molecule has 5 heteroatoms. The highest BCUT2D eigenvalue weighted by Gasteiger charge is 2.56. The zero-order valence-electron chi connectivity index (χ0n) is 20.4. The van der Waals surface area contributed by atoms with Crippen molar-refractivity contribution in [2.75, 3.05) is 18.5 Å². The molecule has 1 aromatic carbocycles. The molecule has 5 rings (SSSR count). The van der Waals surface area contributed by atoms with Gasteiger partial charge >= 0.3 is 5.97 Å². The van der Waals surface area contributed by atoms with E-state index < -0.39 is 5.97 Å². The quantitative estimate of drug-likeness (QED) is 0.603. The molecule has 5 atom stereocenters. The number of nitrogens with zero attached hydrogens (tertiary/aromatic N) is 1. The number of hydrogen-bond acceptors (Lipinski definition) is 4. The van der Waals surface area contributed by atoms with Crippen LogP contribution in [0.2, 0.25) is 0 Å². The summed E-state index contributed by atoms with van der Waals surface area (Å²) in [5, 5.41) is 19.9. The smallest absolute Gasteiger partial charge is 0.303 e. The predicted molar refractivity (Wildman–Crippen MR) is 133 cm³/mol. The molecule has 0 heterocycles. The number of hydrogen-bond donors (Lipinski definition) is 2. The van der Waals surface area contributed by atoms with Crippen molar-refractivity contribution in [3.63, 3.8) is 0 Å². The van der Waals surface area contributed by atoms with Crippen LogP contribution in [0.25, 0.3) is 0 Å². The van der Waals surface area contributed by atoms with Gasteiger partial charge in [-0.1, -0.05) is 24.6 Å². The van der Waals surface area contributed by atoms with Gasteiger partial charge in [-0.3, -0.25) is 9.59 Å². The highest BCUT2D eigenvalue weighted by molar-refractivity contribution is 5.93. The zero-order valence-corrected chi connectivity index (χ0v) is 20.4. The van der Waals surface area contributed by atoms with Crippen molar-refractivity contribution in [3.05, 3.63) is 52.6 Å². The van der Waals surface area contributed by atoms with Gasteiger partial charge in [0.1, 0.15) is 0 Å². The van der Waals surface area contributed by atoms with E-state index in [4.69, 9.17) is 5.11 Å². The van der Waals surface area contributed by atoms with Gasteiger partial charge in [-0.15, -0.1) is 0 Å². The molecule has 0 bridgehead atoms. The molecule has 5 unspecified atom stereocenters. The third kappa shape index (κ3) is 4.02. The first kappa shape index (κ1) is 23.3. The van der Waals surface area contributed by atoms with Crippen LogP contribution >= 0.6 is 0 Å². The summed E-state index contributed by atoms with van der Waals surface area (Å²) in [6, 6.07) is 8.77.